The number of hydrogen-bond acceptors (Lipinski definition) is 4. The van der Waals surface area contributed by atoms with Crippen molar-refractivity contribution in [2.45, 2.75) is 45.4 Å². The molecule has 0 amide bonds. The van der Waals surface area contributed by atoms with Crippen LogP contribution in [0.3, 0.4) is 0 Å². The van der Waals surface area contributed by atoms with Crippen LogP contribution in [0.1, 0.15) is 45.4 Å². The quantitative estimate of drug-likeness (QED) is 0.444. The van der Waals surface area contributed by atoms with Crippen LogP contribution in [0.15, 0.2) is 0 Å². The minimum Gasteiger partial charge on any atom is -0.512 e. The molecule has 0 heterocycles. The summed E-state index contributed by atoms with van der Waals surface area (Å²) in [6, 6.07) is 0. The first-order chi connectivity index (χ1) is 8.18. The van der Waals surface area contributed by atoms with Crippen molar-refractivity contribution in [3.63, 3.8) is 0 Å². The fraction of sp³-hybridized carbons (Fsp3) is 0.700. The van der Waals surface area contributed by atoms with Gasteiger partial charge >= 0.3 is 42.1 Å². The van der Waals surface area contributed by atoms with E-state index in [1.807, 2.05) is 0 Å². The van der Waals surface area contributed by atoms with Crippen LogP contribution < -0.4 is 0 Å². The number of nitrogens with zero attached hydrogens (tertiary/aromatic N) is 2. The summed E-state index contributed by atoms with van der Waals surface area (Å²) in [5.74, 6) is -0.670. The summed E-state index contributed by atoms with van der Waals surface area (Å²) in [7, 11) is 0. The fourth-order valence-electron chi connectivity index (χ4n) is 0.880. The molecule has 0 spiro atoms. The zero-order valence-corrected chi connectivity index (χ0v) is 13.6. The van der Waals surface area contributed by atoms with Gasteiger partial charge in [-0.1, -0.05) is 32.6 Å². The Morgan fingerprint density at radius 3 is 1.88 bits per heavy atom. The van der Waals surface area contributed by atoms with Crippen molar-refractivity contribution in [1.82, 2.24) is 0 Å². The van der Waals surface area contributed by atoms with Gasteiger partial charge in [0.2, 0.25) is 0 Å². The molecule has 0 unspecified atom stereocenters. The third kappa shape index (κ3) is 67.0. The van der Waals surface area contributed by atoms with Crippen LogP contribution in [0.4, 0.5) is 0 Å². The van der Waals surface area contributed by atoms with E-state index in [1.54, 1.807) is 0 Å². The maximum absolute atomic E-state index is 10.0. The van der Waals surface area contributed by atoms with Gasteiger partial charge in [0, 0.05) is 6.42 Å². The number of unbranched alkanes of at least 4 members (excludes halogenated alkanes) is 4. The molecule has 0 saturated heterocycles. The first-order valence-electron chi connectivity index (χ1n) is 5.08. The summed E-state index contributed by atoms with van der Waals surface area (Å²) in [6.45, 7) is 11.6. The minimum atomic E-state index is -0.670. The molecule has 0 bridgehead atoms. The van der Waals surface area contributed by atoms with Crippen molar-refractivity contribution in [3.05, 3.63) is 13.1 Å². The zero-order valence-electron chi connectivity index (χ0n) is 10.5. The average Bonchev–Trinajstić information content (AvgIpc) is 2.35. The molecule has 0 radical (unpaired) electrons. The molecule has 0 aliphatic carbocycles. The first-order valence-corrected chi connectivity index (χ1v) is 6.37. The van der Waals surface area contributed by atoms with E-state index in [-0.39, 0.29) is 0 Å². The molecule has 17 heavy (non-hydrogen) atoms. The van der Waals surface area contributed by atoms with Gasteiger partial charge in [-0.25, -0.2) is 0 Å². The Morgan fingerprint density at radius 1 is 1.24 bits per heavy atom. The number of carboxylic acid groups (broad SMARTS) is 1. The minimum absolute atomic E-state index is 0.337. The van der Waals surface area contributed by atoms with Gasteiger partial charge in [-0.15, -0.1) is 0 Å². The predicted molar refractivity (Wildman–Crippen MR) is 66.3 cm³/mol. The summed E-state index contributed by atoms with van der Waals surface area (Å²) in [5.41, 5.74) is 0. The standard InChI is InChI=1S/C8H16O2.2CN.2Al.O.2H/c1-2-3-4-5-6-7-8(9)10;2*1-2;;;;;/h2-7H2,1H3,(H,9,10);;;;;;;/q;2*-1;;+2;;;. The number of aliphatic carboxylic acids is 1. The van der Waals surface area contributed by atoms with Crippen LogP contribution in [0.25, 0.3) is 0 Å². The van der Waals surface area contributed by atoms with E-state index in [0.29, 0.717) is 6.42 Å². The van der Waals surface area contributed by atoms with E-state index in [1.165, 1.54) is 19.3 Å². The Balaban J connectivity index is -0.000000102. The molecule has 7 heteroatoms. The van der Waals surface area contributed by atoms with Gasteiger partial charge in [-0.2, -0.15) is 0 Å². The maximum Gasteiger partial charge on any atom is -0.488 e. The second kappa shape index (κ2) is 36.1. The van der Waals surface area contributed by atoms with E-state index < -0.39 is 5.97 Å². The molecule has 1 N–H and O–H groups in total. The van der Waals surface area contributed by atoms with Crippen LogP contribution in [0.5, 0.6) is 0 Å². The third-order valence-electron chi connectivity index (χ3n) is 1.49. The van der Waals surface area contributed by atoms with E-state index in [0.717, 1.165) is 29.5 Å². The largest absolute Gasteiger partial charge is 0.512 e. The third-order valence-corrected chi connectivity index (χ3v) is 1.49. The zero-order chi connectivity index (χ0) is 14.5. The van der Waals surface area contributed by atoms with Crippen molar-refractivity contribution in [2.75, 3.05) is 0 Å². The van der Waals surface area contributed by atoms with Crippen LogP contribution in [-0.4, -0.2) is 44.3 Å². The SMILES string of the molecule is CCCCCCCC(=O)O.[Al+2][O][AlH2].[C-]#N.[C-]#N. The van der Waals surface area contributed by atoms with Gasteiger partial charge < -0.3 is 28.8 Å². The second-order valence-electron chi connectivity index (χ2n) is 2.79. The Hall–Kier alpha value is -0.525. The van der Waals surface area contributed by atoms with Gasteiger partial charge in [0.15, 0.2) is 0 Å². The fourth-order valence-corrected chi connectivity index (χ4v) is 0.880. The molecule has 5 nitrogen and oxygen atoms in total. The number of carboxylic acids is 1. The van der Waals surface area contributed by atoms with Crippen LogP contribution in [-0.2, 0) is 7.63 Å². The maximum atomic E-state index is 10.0. The molecule has 0 aromatic rings. The van der Waals surface area contributed by atoms with Crippen LogP contribution >= 0.6 is 0 Å². The van der Waals surface area contributed by atoms with Gasteiger partial charge in [0.05, 0.1) is 0 Å². The van der Waals surface area contributed by atoms with Gasteiger partial charge in [-0.05, 0) is 6.42 Å². The van der Waals surface area contributed by atoms with Crippen molar-refractivity contribution in [2.24, 2.45) is 0 Å². The Labute approximate surface area is 121 Å². The monoisotopic (exact) mass is 268 g/mol. The second-order valence-corrected chi connectivity index (χ2v) is 4.68. The summed E-state index contributed by atoms with van der Waals surface area (Å²) in [4.78, 5) is 10.0. The molecule has 0 aromatic heterocycles. The molecular formula is C10H18Al2N2O3. The molecule has 0 aliphatic heterocycles. The molecule has 0 atom stereocenters. The normalized spacial score (nSPS) is 7.00. The molecule has 0 aromatic carbocycles. The molecular weight excluding hydrogens is 250 g/mol. The average molecular weight is 268 g/mol. The summed E-state index contributed by atoms with van der Waals surface area (Å²) in [5, 5.41) is 20.8. The summed E-state index contributed by atoms with van der Waals surface area (Å²) >= 11 is 2.97. The summed E-state index contributed by atoms with van der Waals surface area (Å²) in [6.07, 6.45) is 5.88. The van der Waals surface area contributed by atoms with E-state index in [9.17, 15) is 4.79 Å². The van der Waals surface area contributed by atoms with E-state index in [2.05, 4.69) is 26.4 Å². The van der Waals surface area contributed by atoms with Crippen molar-refractivity contribution < 1.29 is 12.7 Å². The molecule has 0 aliphatic rings. The Morgan fingerprint density at radius 2 is 1.59 bits per heavy atom. The van der Waals surface area contributed by atoms with Crippen molar-refractivity contribution in [3.8, 4) is 0 Å². The molecule has 0 saturated carbocycles. The molecule has 0 rings (SSSR count). The van der Waals surface area contributed by atoms with Crippen LogP contribution in [0.2, 0.25) is 0 Å². The Bertz CT molecular complexity index is 169. The topological polar surface area (TPSA) is 94.1 Å². The first kappa shape index (κ1) is 25.4. The van der Waals surface area contributed by atoms with Crippen LogP contribution in [0, 0.1) is 23.7 Å². The number of rotatable bonds is 6. The Kier molecular flexibility index (Phi) is 53.9. The summed E-state index contributed by atoms with van der Waals surface area (Å²) < 4.78 is 4.31. The van der Waals surface area contributed by atoms with Gasteiger partial charge in [-0.3, -0.25) is 4.79 Å². The number of hydrogen-bond donors (Lipinski definition) is 1. The van der Waals surface area contributed by atoms with Gasteiger partial charge in [0.1, 0.15) is 0 Å². The smallest absolute Gasteiger partial charge is 0.488 e. The van der Waals surface area contributed by atoms with Crippen molar-refractivity contribution in [1.29, 1.82) is 10.5 Å². The number of carbonyl (C=O) groups is 1. The van der Waals surface area contributed by atoms with E-state index in [4.69, 9.17) is 28.8 Å². The van der Waals surface area contributed by atoms with E-state index >= 15 is 0 Å². The van der Waals surface area contributed by atoms with Crippen molar-refractivity contribution >= 4 is 39.2 Å². The van der Waals surface area contributed by atoms with Gasteiger partial charge in [0.25, 0.3) is 0 Å². The molecule has 92 valence electrons. The molecule has 0 fully saturated rings. The predicted octanol–water partition coefficient (Wildman–Crippen LogP) is 1.26.